The van der Waals surface area contributed by atoms with Crippen LogP contribution in [0.4, 0.5) is 5.82 Å². The zero-order valence-electron chi connectivity index (χ0n) is 15.1. The second-order valence-electron chi connectivity index (χ2n) is 6.47. The van der Waals surface area contributed by atoms with E-state index >= 15 is 0 Å². The third-order valence-electron chi connectivity index (χ3n) is 4.10. The number of carboxylic acid groups (broad SMARTS) is 1. The average Bonchev–Trinajstić information content (AvgIpc) is 3.05. The molecule has 11 nitrogen and oxygen atoms in total. The molecule has 0 amide bonds. The summed E-state index contributed by atoms with van der Waals surface area (Å²) in [5.74, 6) is -0.919. The lowest BCUT2D eigenvalue weighted by molar-refractivity contribution is -0.205. The number of aliphatic carboxylic acids is 1. The second-order valence-corrected chi connectivity index (χ2v) is 6.98. The van der Waals surface area contributed by atoms with E-state index in [9.17, 15) is 15.0 Å². The number of allylic oxidation sites excluding steroid dienone is 1. The molecule has 1 aliphatic heterocycles. The van der Waals surface area contributed by atoms with Gasteiger partial charge in [0.25, 0.3) is 6.01 Å². The molecule has 0 aliphatic carbocycles. The van der Waals surface area contributed by atoms with Gasteiger partial charge in [-0.05, 0) is 13.8 Å². The van der Waals surface area contributed by atoms with Crippen LogP contribution in [-0.4, -0.2) is 77.6 Å². The molecule has 0 saturated carbocycles. The molecule has 12 heteroatoms. The number of nitrogens with one attached hydrogen (secondary N) is 2. The van der Waals surface area contributed by atoms with Gasteiger partial charge in [0.1, 0.15) is 24.0 Å². The first-order valence-electron chi connectivity index (χ1n) is 8.45. The number of nitrogens with zero attached hydrogens (tertiary/aromatic N) is 3. The van der Waals surface area contributed by atoms with E-state index in [0.29, 0.717) is 23.5 Å². The van der Waals surface area contributed by atoms with Crippen LogP contribution in [0.3, 0.4) is 0 Å². The predicted molar refractivity (Wildman–Crippen MR) is 101 cm³/mol. The maximum absolute atomic E-state index is 11.1. The topological polar surface area (TPSA) is 163 Å². The first-order valence-corrected chi connectivity index (χ1v) is 8.96. The zero-order chi connectivity index (χ0) is 20.4. The van der Waals surface area contributed by atoms with E-state index in [4.69, 9.17) is 14.6 Å². The fourth-order valence-corrected chi connectivity index (χ4v) is 3.02. The minimum Gasteiger partial charge on any atom is -0.479 e. The molecule has 1 aliphatic rings. The molecule has 2 aromatic heterocycles. The van der Waals surface area contributed by atoms with Gasteiger partial charge in [-0.25, -0.2) is 14.8 Å². The summed E-state index contributed by atoms with van der Waals surface area (Å²) in [4.78, 5) is 26.4. The Morgan fingerprint density at radius 1 is 1.39 bits per heavy atom. The second kappa shape index (κ2) is 8.31. The number of hydrogen-bond acceptors (Lipinski definition) is 10. The molecule has 0 spiro atoms. The van der Waals surface area contributed by atoms with Crippen molar-refractivity contribution in [2.45, 2.75) is 43.7 Å². The predicted octanol–water partition coefficient (Wildman–Crippen LogP) is -0.0605. The molecule has 2 aromatic rings. The molecular weight excluding hydrogens is 390 g/mol. The molecule has 3 heterocycles. The Morgan fingerprint density at radius 2 is 2.14 bits per heavy atom. The number of hydrogen-bond donors (Lipinski definition) is 6. The Balaban J connectivity index is 1.79. The van der Waals surface area contributed by atoms with Gasteiger partial charge in [-0.15, -0.1) is 12.6 Å². The van der Waals surface area contributed by atoms with E-state index in [2.05, 4.69) is 37.9 Å². The van der Waals surface area contributed by atoms with Gasteiger partial charge in [0.05, 0.1) is 0 Å². The van der Waals surface area contributed by atoms with E-state index in [-0.39, 0.29) is 6.01 Å². The van der Waals surface area contributed by atoms with E-state index in [1.807, 2.05) is 19.9 Å². The van der Waals surface area contributed by atoms with Crippen molar-refractivity contribution in [1.29, 1.82) is 0 Å². The van der Waals surface area contributed by atoms with Crippen LogP contribution in [0.5, 0.6) is 6.01 Å². The van der Waals surface area contributed by atoms with Crippen LogP contribution in [-0.2, 0) is 9.53 Å². The minimum absolute atomic E-state index is 0.00607. The number of aromatic nitrogens is 4. The first kappa shape index (κ1) is 20.3. The van der Waals surface area contributed by atoms with Crippen LogP contribution in [0, 0.1) is 0 Å². The van der Waals surface area contributed by atoms with Crippen LogP contribution in [0.15, 0.2) is 18.0 Å². The Kier molecular flexibility index (Phi) is 6.03. The van der Waals surface area contributed by atoms with Gasteiger partial charge >= 0.3 is 5.97 Å². The number of aromatic amines is 1. The third kappa shape index (κ3) is 4.19. The van der Waals surface area contributed by atoms with Crippen molar-refractivity contribution < 1.29 is 29.6 Å². The normalized spacial score (nSPS) is 27.4. The highest BCUT2D eigenvalue weighted by atomic mass is 32.1. The standard InChI is InChI=1S/C16H21N5O6S/c1-6(2)3-4-17-12-7-13(19-5-18-12)21-16(20-7)27-11-9(23)8(22)10(14(24)25)26-15(11)28/h3,5,8-11,15,22-23,28H,4H2,1-2H3,(H,24,25)(H2,17,18,19,20,21)/t8-,9-,10-,11+,15-/m0/s1. The van der Waals surface area contributed by atoms with E-state index < -0.39 is 35.8 Å². The highest BCUT2D eigenvalue weighted by Crippen LogP contribution is 2.28. The Labute approximate surface area is 165 Å². The summed E-state index contributed by atoms with van der Waals surface area (Å²) in [5, 5.41) is 32.3. The van der Waals surface area contributed by atoms with Crippen molar-refractivity contribution in [3.05, 3.63) is 18.0 Å². The SMILES string of the molecule is CC(C)=CCNc1ncnc2[nH]c(O[C@@H]3[C@@H](O)[C@H](O)[C@@H](C(=O)O)O[C@H]3S)nc12. The largest absolute Gasteiger partial charge is 0.479 e. The molecule has 1 saturated heterocycles. The summed E-state index contributed by atoms with van der Waals surface area (Å²) in [6, 6.07) is -0.00607. The lowest BCUT2D eigenvalue weighted by Crippen LogP contribution is -2.60. The van der Waals surface area contributed by atoms with Crippen LogP contribution >= 0.6 is 12.6 Å². The number of carbonyl (C=O) groups is 1. The fourth-order valence-electron chi connectivity index (χ4n) is 2.66. The van der Waals surface area contributed by atoms with Crippen LogP contribution in [0.25, 0.3) is 11.2 Å². The lowest BCUT2D eigenvalue weighted by Gasteiger charge is -2.38. The summed E-state index contributed by atoms with van der Waals surface area (Å²) in [7, 11) is 0. The van der Waals surface area contributed by atoms with E-state index in [1.165, 1.54) is 6.33 Å². The molecule has 0 unspecified atom stereocenters. The van der Waals surface area contributed by atoms with Crippen molar-refractivity contribution in [2.24, 2.45) is 0 Å². The molecule has 28 heavy (non-hydrogen) atoms. The van der Waals surface area contributed by atoms with Gasteiger partial charge in [-0.1, -0.05) is 11.6 Å². The van der Waals surface area contributed by atoms with E-state index in [0.717, 1.165) is 5.57 Å². The molecule has 0 aromatic carbocycles. The Bertz CT molecular complexity index is 886. The fraction of sp³-hybridized carbons (Fsp3) is 0.500. The molecule has 152 valence electrons. The Morgan fingerprint density at radius 3 is 2.82 bits per heavy atom. The number of thiol groups is 1. The summed E-state index contributed by atoms with van der Waals surface area (Å²) in [5.41, 5.74) is 0.864. The number of aliphatic hydroxyl groups excluding tert-OH is 2. The maximum Gasteiger partial charge on any atom is 0.335 e. The smallest absolute Gasteiger partial charge is 0.335 e. The van der Waals surface area contributed by atoms with Gasteiger partial charge in [-0.3, -0.25) is 4.98 Å². The van der Waals surface area contributed by atoms with Gasteiger partial charge in [-0.2, -0.15) is 4.98 Å². The number of H-pyrrole nitrogens is 1. The quantitative estimate of drug-likeness (QED) is 0.280. The lowest BCUT2D eigenvalue weighted by atomic mass is 10.00. The molecule has 3 rings (SSSR count). The zero-order valence-corrected chi connectivity index (χ0v) is 16.0. The number of rotatable bonds is 6. The summed E-state index contributed by atoms with van der Waals surface area (Å²) in [6.07, 6.45) is -2.66. The van der Waals surface area contributed by atoms with Crippen LogP contribution in [0.2, 0.25) is 0 Å². The van der Waals surface area contributed by atoms with Crippen molar-refractivity contribution in [3.63, 3.8) is 0 Å². The van der Waals surface area contributed by atoms with Crippen LogP contribution in [0.1, 0.15) is 13.8 Å². The van der Waals surface area contributed by atoms with E-state index in [1.54, 1.807) is 0 Å². The van der Waals surface area contributed by atoms with Crippen molar-refractivity contribution in [1.82, 2.24) is 19.9 Å². The first-order chi connectivity index (χ1) is 13.3. The monoisotopic (exact) mass is 411 g/mol. The van der Waals surface area contributed by atoms with Gasteiger partial charge < -0.3 is 30.1 Å². The summed E-state index contributed by atoms with van der Waals surface area (Å²) >= 11 is 4.12. The number of ether oxygens (including phenoxy) is 2. The maximum atomic E-state index is 11.1. The number of anilines is 1. The highest BCUT2D eigenvalue weighted by molar-refractivity contribution is 7.80. The summed E-state index contributed by atoms with van der Waals surface area (Å²) in [6.45, 7) is 4.51. The van der Waals surface area contributed by atoms with Crippen molar-refractivity contribution in [3.8, 4) is 6.01 Å². The average molecular weight is 411 g/mol. The molecular formula is C16H21N5O6S. The van der Waals surface area contributed by atoms with Gasteiger partial charge in [0.15, 0.2) is 29.2 Å². The number of carboxylic acids is 1. The molecule has 0 radical (unpaired) electrons. The highest BCUT2D eigenvalue weighted by Gasteiger charge is 2.48. The number of aliphatic hydroxyl groups is 2. The van der Waals surface area contributed by atoms with Gasteiger partial charge in [0, 0.05) is 6.54 Å². The minimum atomic E-state index is -1.68. The van der Waals surface area contributed by atoms with Gasteiger partial charge in [0.2, 0.25) is 0 Å². The van der Waals surface area contributed by atoms with Crippen molar-refractivity contribution >= 4 is 35.6 Å². The number of imidazole rings is 1. The van der Waals surface area contributed by atoms with Crippen molar-refractivity contribution in [2.75, 3.05) is 11.9 Å². The molecule has 1 fully saturated rings. The molecule has 0 bridgehead atoms. The number of fused-ring (bicyclic) bond motifs is 1. The third-order valence-corrected chi connectivity index (χ3v) is 4.51. The molecule has 5 atom stereocenters. The molecule has 5 N–H and O–H groups in total. The summed E-state index contributed by atoms with van der Waals surface area (Å²) < 4.78 is 10.7. The van der Waals surface area contributed by atoms with Crippen LogP contribution < -0.4 is 10.1 Å². The Hall–Kier alpha value is -2.41.